The van der Waals surface area contributed by atoms with Gasteiger partial charge in [-0.3, -0.25) is 9.48 Å². The van der Waals surface area contributed by atoms with Crippen molar-refractivity contribution in [2.75, 3.05) is 0 Å². The summed E-state index contributed by atoms with van der Waals surface area (Å²) in [6.45, 7) is 9.25. The molecule has 0 fully saturated rings. The molecule has 1 aromatic heterocycles. The van der Waals surface area contributed by atoms with Crippen LogP contribution in [-0.4, -0.2) is 21.4 Å². The van der Waals surface area contributed by atoms with Gasteiger partial charge in [0, 0.05) is 11.8 Å². The summed E-state index contributed by atoms with van der Waals surface area (Å²) < 4.78 is 6.69. The summed E-state index contributed by atoms with van der Waals surface area (Å²) in [6, 6.07) is 0. The fraction of sp³-hybridized carbons (Fsp3) is 0.455. The Morgan fingerprint density at radius 3 is 2.80 bits per heavy atom. The zero-order valence-corrected chi connectivity index (χ0v) is 9.36. The summed E-state index contributed by atoms with van der Waals surface area (Å²) in [5.74, 6) is -0.291. The molecule has 0 saturated heterocycles. The highest BCUT2D eigenvalue weighted by molar-refractivity contribution is 5.69. The molecule has 15 heavy (non-hydrogen) atoms. The van der Waals surface area contributed by atoms with E-state index in [1.165, 1.54) is 4.68 Å². The third-order valence-electron chi connectivity index (χ3n) is 1.60. The minimum atomic E-state index is -0.453. The molecule has 0 unspecified atom stereocenters. The first-order valence-electron chi connectivity index (χ1n) is 4.77. The lowest BCUT2D eigenvalue weighted by Crippen LogP contribution is -2.26. The van der Waals surface area contributed by atoms with E-state index in [1.54, 1.807) is 18.5 Å². The molecular formula is C11H16N2O2. The van der Waals surface area contributed by atoms with Crippen molar-refractivity contribution in [1.82, 2.24) is 9.78 Å². The summed E-state index contributed by atoms with van der Waals surface area (Å²) in [4.78, 5) is 11.4. The van der Waals surface area contributed by atoms with Gasteiger partial charge < -0.3 is 4.74 Å². The van der Waals surface area contributed by atoms with Gasteiger partial charge >= 0.3 is 5.97 Å². The molecule has 1 aromatic rings. The molecule has 0 aromatic carbocycles. The third-order valence-corrected chi connectivity index (χ3v) is 1.60. The Kier molecular flexibility index (Phi) is 3.29. The van der Waals surface area contributed by atoms with Gasteiger partial charge in [-0.25, -0.2) is 0 Å². The van der Waals surface area contributed by atoms with E-state index in [1.807, 2.05) is 20.8 Å². The predicted octanol–water partition coefficient (Wildman–Crippen LogP) is 1.87. The first kappa shape index (κ1) is 11.5. The van der Waals surface area contributed by atoms with Gasteiger partial charge in [0.1, 0.15) is 12.1 Å². The molecule has 0 saturated carbocycles. The van der Waals surface area contributed by atoms with Crippen LogP contribution in [0.25, 0.3) is 6.08 Å². The lowest BCUT2D eigenvalue weighted by atomic mass is 10.2. The van der Waals surface area contributed by atoms with E-state index >= 15 is 0 Å². The molecule has 82 valence electrons. The number of hydrogen-bond donors (Lipinski definition) is 0. The zero-order valence-electron chi connectivity index (χ0n) is 9.36. The minimum Gasteiger partial charge on any atom is -0.459 e. The standard InChI is InChI=1S/C11H16N2O2/c1-5-9-6-12-13(7-9)8-10(14)15-11(2,3)4/h5-7H,1,8H2,2-4H3. The number of carbonyl (C=O) groups excluding carboxylic acids is 1. The third kappa shape index (κ3) is 3.97. The second-order valence-electron chi connectivity index (χ2n) is 4.26. The maximum atomic E-state index is 11.4. The van der Waals surface area contributed by atoms with Crippen molar-refractivity contribution in [3.8, 4) is 0 Å². The van der Waals surface area contributed by atoms with Gasteiger partial charge in [0.25, 0.3) is 0 Å². The monoisotopic (exact) mass is 208 g/mol. The van der Waals surface area contributed by atoms with Crippen molar-refractivity contribution >= 4 is 12.0 Å². The lowest BCUT2D eigenvalue weighted by Gasteiger charge is -2.19. The average molecular weight is 208 g/mol. The second-order valence-corrected chi connectivity index (χ2v) is 4.26. The SMILES string of the molecule is C=Cc1cnn(CC(=O)OC(C)(C)C)c1. The number of esters is 1. The predicted molar refractivity (Wildman–Crippen MR) is 58.2 cm³/mol. The lowest BCUT2D eigenvalue weighted by molar-refractivity contribution is -0.155. The molecule has 0 aliphatic rings. The van der Waals surface area contributed by atoms with Gasteiger partial charge in [-0.1, -0.05) is 12.7 Å². The Morgan fingerprint density at radius 1 is 1.67 bits per heavy atom. The van der Waals surface area contributed by atoms with Crippen LogP contribution < -0.4 is 0 Å². The van der Waals surface area contributed by atoms with Crippen LogP contribution in [0.5, 0.6) is 0 Å². The molecule has 4 heteroatoms. The largest absolute Gasteiger partial charge is 0.459 e. The molecule has 0 spiro atoms. The molecule has 0 aliphatic carbocycles. The van der Waals surface area contributed by atoms with Gasteiger partial charge in [0.05, 0.1) is 6.20 Å². The molecular weight excluding hydrogens is 192 g/mol. The fourth-order valence-electron chi connectivity index (χ4n) is 1.08. The molecule has 0 amide bonds. The van der Waals surface area contributed by atoms with Gasteiger partial charge in [-0.05, 0) is 20.8 Å². The Morgan fingerprint density at radius 2 is 2.33 bits per heavy atom. The van der Waals surface area contributed by atoms with Crippen LogP contribution >= 0.6 is 0 Å². The molecule has 0 atom stereocenters. The summed E-state index contributed by atoms with van der Waals surface area (Å²) in [5, 5.41) is 4.00. The van der Waals surface area contributed by atoms with E-state index in [9.17, 15) is 4.79 Å². The normalized spacial score (nSPS) is 11.1. The summed E-state index contributed by atoms with van der Waals surface area (Å²) in [6.07, 6.45) is 5.08. The average Bonchev–Trinajstić information content (AvgIpc) is 2.48. The molecule has 4 nitrogen and oxygen atoms in total. The Balaban J connectivity index is 2.55. The van der Waals surface area contributed by atoms with Gasteiger partial charge in [0.15, 0.2) is 0 Å². The highest BCUT2D eigenvalue weighted by Gasteiger charge is 2.16. The highest BCUT2D eigenvalue weighted by Crippen LogP contribution is 2.08. The highest BCUT2D eigenvalue weighted by atomic mass is 16.6. The fourth-order valence-corrected chi connectivity index (χ4v) is 1.08. The number of aromatic nitrogens is 2. The molecule has 1 rings (SSSR count). The summed E-state index contributed by atoms with van der Waals surface area (Å²) >= 11 is 0. The van der Waals surface area contributed by atoms with E-state index in [4.69, 9.17) is 4.74 Å². The number of rotatable bonds is 3. The topological polar surface area (TPSA) is 44.1 Å². The van der Waals surface area contributed by atoms with Crippen LogP contribution in [0.1, 0.15) is 26.3 Å². The van der Waals surface area contributed by atoms with Gasteiger partial charge in [0.2, 0.25) is 0 Å². The summed E-state index contributed by atoms with van der Waals surface area (Å²) in [5.41, 5.74) is 0.435. The van der Waals surface area contributed by atoms with E-state index in [0.29, 0.717) is 0 Å². The van der Waals surface area contributed by atoms with Crippen molar-refractivity contribution < 1.29 is 9.53 Å². The van der Waals surface area contributed by atoms with E-state index in [2.05, 4.69) is 11.7 Å². The number of nitrogens with zero attached hydrogens (tertiary/aromatic N) is 2. The molecule has 1 heterocycles. The van der Waals surface area contributed by atoms with E-state index < -0.39 is 5.60 Å². The van der Waals surface area contributed by atoms with Crippen LogP contribution in [0.2, 0.25) is 0 Å². The maximum Gasteiger partial charge on any atom is 0.328 e. The van der Waals surface area contributed by atoms with Crippen molar-refractivity contribution in [3.63, 3.8) is 0 Å². The Hall–Kier alpha value is -1.58. The molecule has 0 bridgehead atoms. The Bertz CT molecular complexity index is 361. The molecule has 0 radical (unpaired) electrons. The van der Waals surface area contributed by atoms with E-state index in [-0.39, 0.29) is 12.5 Å². The summed E-state index contributed by atoms with van der Waals surface area (Å²) in [7, 11) is 0. The number of hydrogen-bond acceptors (Lipinski definition) is 3. The van der Waals surface area contributed by atoms with Crippen molar-refractivity contribution in [1.29, 1.82) is 0 Å². The van der Waals surface area contributed by atoms with Crippen molar-refractivity contribution in [2.24, 2.45) is 0 Å². The second kappa shape index (κ2) is 4.29. The zero-order chi connectivity index (χ0) is 11.5. The molecule has 0 aliphatic heterocycles. The minimum absolute atomic E-state index is 0.130. The molecule has 0 N–H and O–H groups in total. The first-order valence-corrected chi connectivity index (χ1v) is 4.77. The van der Waals surface area contributed by atoms with Gasteiger partial charge in [-0.2, -0.15) is 5.10 Å². The maximum absolute atomic E-state index is 11.4. The van der Waals surface area contributed by atoms with Gasteiger partial charge in [-0.15, -0.1) is 0 Å². The van der Waals surface area contributed by atoms with Crippen LogP contribution in [0, 0.1) is 0 Å². The van der Waals surface area contributed by atoms with Crippen molar-refractivity contribution in [2.45, 2.75) is 32.9 Å². The van der Waals surface area contributed by atoms with Crippen molar-refractivity contribution in [3.05, 3.63) is 24.5 Å². The number of carbonyl (C=O) groups is 1. The quantitative estimate of drug-likeness (QED) is 0.712. The van der Waals surface area contributed by atoms with Crippen LogP contribution in [0.3, 0.4) is 0 Å². The Labute approximate surface area is 89.5 Å². The van der Waals surface area contributed by atoms with Crippen LogP contribution in [-0.2, 0) is 16.1 Å². The first-order chi connectivity index (χ1) is 6.90. The smallest absolute Gasteiger partial charge is 0.328 e. The van der Waals surface area contributed by atoms with Crippen LogP contribution in [0.4, 0.5) is 0 Å². The van der Waals surface area contributed by atoms with E-state index in [0.717, 1.165) is 5.56 Å². The van der Waals surface area contributed by atoms with Crippen LogP contribution in [0.15, 0.2) is 19.0 Å². The number of ether oxygens (including phenoxy) is 1.